The van der Waals surface area contributed by atoms with Crippen LogP contribution in [0.15, 0.2) is 65.7 Å². The molecule has 304 valence electrons. The quantitative estimate of drug-likeness (QED) is 0.0290. The van der Waals surface area contributed by atoms with Crippen molar-refractivity contribution >= 4 is 89.6 Å². The Morgan fingerprint density at radius 1 is 0.667 bits per heavy atom. The largest absolute Gasteiger partial charge is 0.412 e. The average Bonchev–Trinajstić information content (AvgIpc) is 3.55. The van der Waals surface area contributed by atoms with E-state index in [2.05, 4.69) is 75.3 Å². The number of pyridine rings is 4. The van der Waals surface area contributed by atoms with Crippen LogP contribution in [0, 0.1) is 21.6 Å². The summed E-state index contributed by atoms with van der Waals surface area (Å²) < 4.78 is 24.6. The number of halogens is 1. The molecule has 0 saturated carbocycles. The van der Waals surface area contributed by atoms with Gasteiger partial charge in [-0.05, 0) is 64.4 Å². The van der Waals surface area contributed by atoms with E-state index in [0.717, 1.165) is 38.7 Å². The molecule has 4 N–H and O–H groups in total. The van der Waals surface area contributed by atoms with Crippen LogP contribution in [0.4, 0.5) is 11.6 Å². The summed E-state index contributed by atoms with van der Waals surface area (Å²) in [5.74, 6) is 0.874. The highest BCUT2D eigenvalue weighted by atomic mass is 79.9. The lowest BCUT2D eigenvalue weighted by Gasteiger charge is -2.24. The highest BCUT2D eigenvalue weighted by Gasteiger charge is 2.20. The predicted molar refractivity (Wildman–Crippen MR) is 236 cm³/mol. The number of fused-ring (bicyclic) bond motifs is 2. The maximum Gasteiger partial charge on any atom is 0.298 e. The van der Waals surface area contributed by atoms with Crippen molar-refractivity contribution in [3.05, 3.63) is 65.7 Å². The minimum absolute atomic E-state index is 0.0627. The Balaban J connectivity index is 0.000000257. The third-order valence-electron chi connectivity index (χ3n) is 8.03. The first-order valence-electron chi connectivity index (χ1n) is 18.3. The van der Waals surface area contributed by atoms with Crippen LogP contribution < -0.4 is 9.80 Å². The second-order valence-electron chi connectivity index (χ2n) is 15.7. The van der Waals surface area contributed by atoms with Gasteiger partial charge in [-0.1, -0.05) is 39.3 Å². The number of ether oxygens (including phenoxy) is 4. The van der Waals surface area contributed by atoms with Gasteiger partial charge in [0.2, 0.25) is 0 Å². The molecule has 16 nitrogen and oxygen atoms in total. The third-order valence-corrected chi connectivity index (χ3v) is 11.9. The fourth-order valence-electron chi connectivity index (χ4n) is 4.92. The number of amidine groups is 2. The number of nitrogens with zero attached hydrogens (tertiary/aromatic N) is 8. The number of aryl methyl sites for hydroxylation is 1. The Hall–Kier alpha value is -4.96. The number of hydrogen-bond acceptors (Lipinski definition) is 13. The second kappa shape index (κ2) is 20.0. The minimum Gasteiger partial charge on any atom is -0.412 e. The van der Waals surface area contributed by atoms with E-state index in [1.807, 2.05) is 37.5 Å². The van der Waals surface area contributed by atoms with E-state index < -0.39 is 16.1 Å². The SMILES string of the molecule is CC(=N)OC(=N)N(COCC[Si](C)(C)C)c1ccc2ncc(-c3cnn(C)c3)cc2n1.CC(=N)OC(=N)N(COCC[Si](C)(C)C)c1ccc2ncc(Br)cc2n1. The average molecular weight is 878 g/mol. The van der Waals surface area contributed by atoms with Crippen molar-refractivity contribution in [1.82, 2.24) is 29.7 Å². The van der Waals surface area contributed by atoms with Crippen LogP contribution in [-0.4, -0.2) is 96.4 Å². The Kier molecular flexibility index (Phi) is 15.7. The summed E-state index contributed by atoms with van der Waals surface area (Å²) in [7, 11) is -0.558. The summed E-state index contributed by atoms with van der Waals surface area (Å²) in [5.41, 5.74) is 4.74. The first-order chi connectivity index (χ1) is 26.8. The molecule has 0 aromatic carbocycles. The summed E-state index contributed by atoms with van der Waals surface area (Å²) in [6, 6.07) is 12.7. The van der Waals surface area contributed by atoms with Crippen molar-refractivity contribution in [2.75, 3.05) is 36.5 Å². The van der Waals surface area contributed by atoms with Crippen LogP contribution in [0.3, 0.4) is 0 Å². The maximum absolute atomic E-state index is 8.28. The molecule has 5 heterocycles. The highest BCUT2D eigenvalue weighted by Crippen LogP contribution is 2.24. The van der Waals surface area contributed by atoms with E-state index >= 15 is 0 Å². The van der Waals surface area contributed by atoms with Gasteiger partial charge >= 0.3 is 0 Å². The second-order valence-corrected chi connectivity index (χ2v) is 27.8. The first kappa shape index (κ1) is 44.8. The normalized spacial score (nSPS) is 11.5. The molecule has 0 fully saturated rings. The van der Waals surface area contributed by atoms with Gasteiger partial charge in [0, 0.05) is 84.4 Å². The fourth-order valence-corrected chi connectivity index (χ4v) is 6.75. The maximum atomic E-state index is 8.28. The number of rotatable bonds is 13. The molecule has 0 aliphatic heterocycles. The Morgan fingerprint density at radius 3 is 1.58 bits per heavy atom. The van der Waals surface area contributed by atoms with Crippen molar-refractivity contribution in [1.29, 1.82) is 21.6 Å². The van der Waals surface area contributed by atoms with Crippen LogP contribution in [-0.2, 0) is 26.0 Å². The van der Waals surface area contributed by atoms with Crippen LogP contribution in [0.2, 0.25) is 51.4 Å². The van der Waals surface area contributed by atoms with E-state index in [0.29, 0.717) is 35.9 Å². The van der Waals surface area contributed by atoms with E-state index in [9.17, 15) is 0 Å². The van der Waals surface area contributed by atoms with Gasteiger partial charge in [0.05, 0.1) is 28.3 Å². The summed E-state index contributed by atoms with van der Waals surface area (Å²) in [4.78, 5) is 21.1. The lowest BCUT2D eigenvalue weighted by atomic mass is 10.1. The molecule has 5 aromatic heterocycles. The summed E-state index contributed by atoms with van der Waals surface area (Å²) in [5, 5.41) is 35.7. The predicted octanol–water partition coefficient (Wildman–Crippen LogP) is 8.56. The molecule has 0 saturated heterocycles. The molecule has 0 spiro atoms. The summed E-state index contributed by atoms with van der Waals surface area (Å²) >= 11 is 3.39. The molecule has 0 bridgehead atoms. The molecule has 5 rings (SSSR count). The number of aromatic nitrogens is 6. The monoisotopic (exact) mass is 876 g/mol. The molecule has 0 unspecified atom stereocenters. The van der Waals surface area contributed by atoms with E-state index in [1.54, 1.807) is 35.4 Å². The molecule has 0 atom stereocenters. The molecule has 0 aliphatic carbocycles. The Labute approximate surface area is 344 Å². The van der Waals surface area contributed by atoms with E-state index in [4.69, 9.17) is 45.6 Å². The molecule has 0 radical (unpaired) electrons. The standard InChI is InChI=1S/C21H29N7O2Si.C17H24BrN5O2Si/c1-15(22)30-21(23)28(14-29-8-9-31(3,4)5)20-7-6-18-19(26-20)10-16(11-24-18)17-12-25-27(2)13-17;1-12(19)25-17(20)23(11-24-7-8-26(2,3)4)16-6-5-14-15(22-16)9-13(18)10-21-14/h6-7,10-13,22-23H,8-9,14H2,1-5H3;5-6,9-10,19-20H,7-8,11H2,1-4H3. The van der Waals surface area contributed by atoms with Crippen molar-refractivity contribution < 1.29 is 18.9 Å². The summed E-state index contributed by atoms with van der Waals surface area (Å²) in [6.45, 7) is 18.1. The van der Waals surface area contributed by atoms with Gasteiger partial charge in [-0.2, -0.15) is 5.10 Å². The summed E-state index contributed by atoms with van der Waals surface area (Å²) in [6.07, 6.45) is 7.20. The van der Waals surface area contributed by atoms with Gasteiger partial charge < -0.3 is 18.9 Å². The molecule has 57 heavy (non-hydrogen) atoms. The van der Waals surface area contributed by atoms with Gasteiger partial charge in [-0.15, -0.1) is 0 Å². The van der Waals surface area contributed by atoms with Crippen molar-refractivity contribution in [3.8, 4) is 11.1 Å². The van der Waals surface area contributed by atoms with Crippen molar-refractivity contribution in [2.45, 2.75) is 65.2 Å². The molecule has 19 heteroatoms. The van der Waals surface area contributed by atoms with Crippen LogP contribution in [0.1, 0.15) is 13.8 Å². The van der Waals surface area contributed by atoms with Crippen molar-refractivity contribution in [2.24, 2.45) is 7.05 Å². The van der Waals surface area contributed by atoms with Gasteiger partial charge in [-0.3, -0.25) is 46.1 Å². The van der Waals surface area contributed by atoms with Crippen LogP contribution in [0.25, 0.3) is 33.2 Å². The van der Waals surface area contributed by atoms with Crippen LogP contribution >= 0.6 is 15.9 Å². The number of nitrogens with one attached hydrogen (secondary N) is 4. The molecular formula is C38H53BrN12O4Si2. The third kappa shape index (κ3) is 14.5. The van der Waals surface area contributed by atoms with Gasteiger partial charge in [0.1, 0.15) is 25.1 Å². The number of hydrogen-bond donors (Lipinski definition) is 4. The van der Waals surface area contributed by atoms with Gasteiger partial charge in [0.15, 0.2) is 11.8 Å². The van der Waals surface area contributed by atoms with E-state index in [1.165, 1.54) is 23.6 Å². The Morgan fingerprint density at radius 2 is 1.14 bits per heavy atom. The Bertz CT molecular complexity index is 2210. The van der Waals surface area contributed by atoms with Gasteiger partial charge in [-0.25, -0.2) is 9.97 Å². The van der Waals surface area contributed by atoms with E-state index in [-0.39, 0.29) is 37.3 Å². The first-order valence-corrected chi connectivity index (χ1v) is 26.5. The molecular weight excluding hydrogens is 825 g/mol. The highest BCUT2D eigenvalue weighted by molar-refractivity contribution is 9.10. The van der Waals surface area contributed by atoms with Crippen LogP contribution in [0.5, 0.6) is 0 Å². The van der Waals surface area contributed by atoms with Gasteiger partial charge in [0.25, 0.3) is 12.0 Å². The molecule has 0 amide bonds. The lowest BCUT2D eigenvalue weighted by molar-refractivity contribution is 0.152. The minimum atomic E-state index is -1.23. The zero-order valence-electron chi connectivity index (χ0n) is 34.1. The lowest BCUT2D eigenvalue weighted by Crippen LogP contribution is -2.36. The topological polar surface area (TPSA) is 208 Å². The smallest absolute Gasteiger partial charge is 0.298 e. The van der Waals surface area contributed by atoms with Crippen molar-refractivity contribution in [3.63, 3.8) is 0 Å². The zero-order valence-corrected chi connectivity index (χ0v) is 37.7. The fraction of sp³-hybridized carbons (Fsp3) is 0.395. The molecule has 0 aliphatic rings. The molecule has 5 aromatic rings. The zero-order chi connectivity index (χ0) is 41.9. The number of anilines is 2.